The Bertz CT molecular complexity index is 337. The number of fused-ring (bicyclic) bond motifs is 2. The number of rotatable bonds is 1. The second kappa shape index (κ2) is 3.06. The zero-order chi connectivity index (χ0) is 12.2. The summed E-state index contributed by atoms with van der Waals surface area (Å²) < 4.78 is 0. The lowest BCUT2D eigenvalue weighted by Gasteiger charge is -2.53. The number of nitrogens with one attached hydrogen (secondary N) is 1. The Kier molecular flexibility index (Phi) is 2.22. The maximum atomic E-state index is 11.9. The van der Waals surface area contributed by atoms with Gasteiger partial charge in [0.1, 0.15) is 0 Å². The Balaban J connectivity index is 2.43. The third kappa shape index (κ3) is 1.47. The van der Waals surface area contributed by atoms with Gasteiger partial charge in [-0.25, -0.2) is 0 Å². The van der Waals surface area contributed by atoms with Gasteiger partial charge in [0.05, 0.1) is 0 Å². The fraction of sp³-hybridized carbons (Fsp3) is 0.833. The standard InChI is InChI=1S/C12H19NO3/c1-10(7-14)4-11(2)6-12(3,5-10)9(16)13-8(11)15/h14H,4-7H2,1-3H3,(H,13,15,16). The number of hydrogen-bond donors (Lipinski definition) is 2. The van der Waals surface area contributed by atoms with Gasteiger partial charge in [-0.05, 0) is 24.7 Å². The van der Waals surface area contributed by atoms with Crippen LogP contribution in [0.15, 0.2) is 0 Å². The molecule has 2 rings (SSSR count). The third-order valence-electron chi connectivity index (χ3n) is 4.12. The summed E-state index contributed by atoms with van der Waals surface area (Å²) in [5.74, 6) is -0.372. The van der Waals surface area contributed by atoms with Crippen molar-refractivity contribution < 1.29 is 14.7 Å². The minimum absolute atomic E-state index is 0.0265. The molecule has 16 heavy (non-hydrogen) atoms. The van der Waals surface area contributed by atoms with Gasteiger partial charge in [0.25, 0.3) is 0 Å². The monoisotopic (exact) mass is 225 g/mol. The van der Waals surface area contributed by atoms with Crippen LogP contribution in [0.4, 0.5) is 0 Å². The predicted octanol–water partition coefficient (Wildman–Crippen LogP) is 0.838. The second-order valence-electron chi connectivity index (χ2n) is 6.40. The van der Waals surface area contributed by atoms with E-state index in [-0.39, 0.29) is 23.8 Å². The van der Waals surface area contributed by atoms with E-state index in [0.29, 0.717) is 19.3 Å². The highest BCUT2D eigenvalue weighted by Crippen LogP contribution is 2.56. The van der Waals surface area contributed by atoms with Crippen molar-refractivity contribution in [2.24, 2.45) is 16.2 Å². The molecule has 2 aliphatic rings. The Morgan fingerprint density at radius 2 is 1.50 bits per heavy atom. The van der Waals surface area contributed by atoms with Gasteiger partial charge < -0.3 is 5.11 Å². The topological polar surface area (TPSA) is 66.4 Å². The Morgan fingerprint density at radius 1 is 1.06 bits per heavy atom. The van der Waals surface area contributed by atoms with Crippen LogP contribution in [0.1, 0.15) is 40.0 Å². The first-order chi connectivity index (χ1) is 7.23. The summed E-state index contributed by atoms with van der Waals surface area (Å²) in [6.07, 6.45) is 1.89. The average molecular weight is 225 g/mol. The predicted molar refractivity (Wildman–Crippen MR) is 58.4 cm³/mol. The quantitative estimate of drug-likeness (QED) is 0.650. The summed E-state index contributed by atoms with van der Waals surface area (Å²) >= 11 is 0. The molecule has 0 aromatic carbocycles. The number of piperidine rings is 1. The van der Waals surface area contributed by atoms with Gasteiger partial charge in [0.15, 0.2) is 0 Å². The lowest BCUT2D eigenvalue weighted by atomic mass is 9.52. The van der Waals surface area contributed by atoms with E-state index < -0.39 is 10.8 Å². The van der Waals surface area contributed by atoms with E-state index >= 15 is 0 Å². The summed E-state index contributed by atoms with van der Waals surface area (Å²) in [5.41, 5.74) is -1.36. The highest BCUT2D eigenvalue weighted by atomic mass is 16.3. The molecule has 2 unspecified atom stereocenters. The van der Waals surface area contributed by atoms with E-state index in [2.05, 4.69) is 5.32 Å². The van der Waals surface area contributed by atoms with Crippen molar-refractivity contribution in [3.05, 3.63) is 0 Å². The number of aliphatic hydroxyl groups excluding tert-OH is 1. The molecule has 4 nitrogen and oxygen atoms in total. The smallest absolute Gasteiger partial charge is 0.232 e. The minimum Gasteiger partial charge on any atom is -0.396 e. The molecule has 2 N–H and O–H groups in total. The maximum absolute atomic E-state index is 11.9. The van der Waals surface area contributed by atoms with Crippen LogP contribution in [0.25, 0.3) is 0 Å². The zero-order valence-corrected chi connectivity index (χ0v) is 10.1. The van der Waals surface area contributed by atoms with Crippen molar-refractivity contribution in [2.75, 3.05) is 6.61 Å². The van der Waals surface area contributed by atoms with Crippen LogP contribution in [0.3, 0.4) is 0 Å². The lowest BCUT2D eigenvalue weighted by Crippen LogP contribution is -2.62. The molecule has 0 radical (unpaired) electrons. The summed E-state index contributed by atoms with van der Waals surface area (Å²) in [6.45, 7) is 5.76. The summed E-state index contributed by atoms with van der Waals surface area (Å²) in [4.78, 5) is 23.7. The van der Waals surface area contributed by atoms with Crippen molar-refractivity contribution in [1.29, 1.82) is 0 Å². The SMILES string of the molecule is CC1(CO)CC2(C)CC(C)(C1)C(=O)NC2=O. The van der Waals surface area contributed by atoms with Gasteiger partial charge in [-0.3, -0.25) is 14.9 Å². The van der Waals surface area contributed by atoms with Crippen LogP contribution >= 0.6 is 0 Å². The van der Waals surface area contributed by atoms with Gasteiger partial charge in [0, 0.05) is 17.4 Å². The molecule has 2 atom stereocenters. The molecule has 0 aromatic rings. The van der Waals surface area contributed by atoms with Crippen LogP contribution in [0.5, 0.6) is 0 Å². The Morgan fingerprint density at radius 3 is 1.88 bits per heavy atom. The molecule has 1 saturated carbocycles. The minimum atomic E-state index is -0.515. The van der Waals surface area contributed by atoms with Gasteiger partial charge >= 0.3 is 0 Å². The molecule has 1 aliphatic carbocycles. The number of carbonyl (C=O) groups is 2. The number of aliphatic hydroxyl groups is 1. The molecule has 1 heterocycles. The average Bonchev–Trinajstić information content (AvgIpc) is 2.14. The van der Waals surface area contributed by atoms with Crippen LogP contribution in [-0.4, -0.2) is 23.5 Å². The highest BCUT2D eigenvalue weighted by molar-refractivity contribution is 6.03. The molecule has 2 bridgehead atoms. The molecular formula is C12H19NO3. The van der Waals surface area contributed by atoms with E-state index in [0.717, 1.165) is 0 Å². The molecule has 4 heteroatoms. The van der Waals surface area contributed by atoms with Crippen molar-refractivity contribution in [3.63, 3.8) is 0 Å². The molecular weight excluding hydrogens is 206 g/mol. The van der Waals surface area contributed by atoms with E-state index in [1.807, 2.05) is 20.8 Å². The molecule has 0 spiro atoms. The molecule has 1 aliphatic heterocycles. The van der Waals surface area contributed by atoms with E-state index in [1.54, 1.807) is 0 Å². The van der Waals surface area contributed by atoms with E-state index in [4.69, 9.17) is 0 Å². The first kappa shape index (κ1) is 11.6. The number of carbonyl (C=O) groups excluding carboxylic acids is 2. The summed E-state index contributed by atoms with van der Waals surface area (Å²) in [5, 5.41) is 11.9. The van der Waals surface area contributed by atoms with Crippen molar-refractivity contribution in [3.8, 4) is 0 Å². The third-order valence-corrected chi connectivity index (χ3v) is 4.12. The molecule has 1 saturated heterocycles. The van der Waals surface area contributed by atoms with Gasteiger partial charge in [-0.1, -0.05) is 20.8 Å². The largest absolute Gasteiger partial charge is 0.396 e. The van der Waals surface area contributed by atoms with Crippen molar-refractivity contribution in [1.82, 2.24) is 5.32 Å². The van der Waals surface area contributed by atoms with Gasteiger partial charge in [-0.15, -0.1) is 0 Å². The number of hydrogen-bond acceptors (Lipinski definition) is 3. The van der Waals surface area contributed by atoms with Gasteiger partial charge in [-0.2, -0.15) is 0 Å². The molecule has 90 valence electrons. The maximum Gasteiger partial charge on any atom is 0.232 e. The van der Waals surface area contributed by atoms with Crippen LogP contribution in [-0.2, 0) is 9.59 Å². The van der Waals surface area contributed by atoms with E-state index in [9.17, 15) is 14.7 Å². The van der Waals surface area contributed by atoms with Gasteiger partial charge in [0.2, 0.25) is 11.8 Å². The lowest BCUT2D eigenvalue weighted by molar-refractivity contribution is -0.162. The second-order valence-corrected chi connectivity index (χ2v) is 6.40. The van der Waals surface area contributed by atoms with E-state index in [1.165, 1.54) is 0 Å². The summed E-state index contributed by atoms with van der Waals surface area (Å²) in [6, 6.07) is 0. The Labute approximate surface area is 95.4 Å². The normalized spacial score (nSPS) is 47.8. The zero-order valence-electron chi connectivity index (χ0n) is 10.1. The first-order valence-electron chi connectivity index (χ1n) is 5.70. The fourth-order valence-electron chi connectivity index (χ4n) is 3.77. The molecule has 2 amide bonds. The Hall–Kier alpha value is -0.900. The number of imide groups is 1. The van der Waals surface area contributed by atoms with Crippen molar-refractivity contribution in [2.45, 2.75) is 40.0 Å². The first-order valence-corrected chi connectivity index (χ1v) is 5.70. The molecule has 0 aromatic heterocycles. The fourth-order valence-corrected chi connectivity index (χ4v) is 3.77. The van der Waals surface area contributed by atoms with Crippen LogP contribution in [0.2, 0.25) is 0 Å². The highest BCUT2D eigenvalue weighted by Gasteiger charge is 2.58. The van der Waals surface area contributed by atoms with Crippen LogP contribution in [0, 0.1) is 16.2 Å². The summed E-state index contributed by atoms with van der Waals surface area (Å²) in [7, 11) is 0. The van der Waals surface area contributed by atoms with Crippen LogP contribution < -0.4 is 5.32 Å². The number of amides is 2. The van der Waals surface area contributed by atoms with Crippen molar-refractivity contribution >= 4 is 11.8 Å². The molecule has 2 fully saturated rings.